The predicted octanol–water partition coefficient (Wildman–Crippen LogP) is 1.66. The fourth-order valence-electron chi connectivity index (χ4n) is 3.83. The third kappa shape index (κ3) is 5.10. The van der Waals surface area contributed by atoms with Gasteiger partial charge in [0.05, 0.1) is 0 Å². The van der Waals surface area contributed by atoms with Crippen LogP contribution in [0.25, 0.3) is 0 Å². The first-order valence-electron chi connectivity index (χ1n) is 9.25. The van der Waals surface area contributed by atoms with Gasteiger partial charge in [-0.05, 0) is 57.0 Å². The van der Waals surface area contributed by atoms with Crippen molar-refractivity contribution < 1.29 is 14.4 Å². The second-order valence-corrected chi connectivity index (χ2v) is 8.35. The first-order chi connectivity index (χ1) is 11.7. The van der Waals surface area contributed by atoms with E-state index in [9.17, 15) is 14.4 Å². The summed E-state index contributed by atoms with van der Waals surface area (Å²) in [6, 6.07) is -0.440. The van der Waals surface area contributed by atoms with E-state index >= 15 is 0 Å². The van der Waals surface area contributed by atoms with Crippen molar-refractivity contribution in [3.63, 3.8) is 0 Å². The number of carbonyl (C=O) groups is 3. The molecule has 0 aromatic rings. The van der Waals surface area contributed by atoms with Crippen molar-refractivity contribution >= 4 is 30.3 Å². The number of urea groups is 1. The second kappa shape index (κ2) is 9.04. The molecule has 0 aromatic heterocycles. The number of hydrogen-bond acceptors (Lipinski definition) is 4. The standard InChI is InChI=1S/C18H32N4O3.ClH/c1-17(2,3)13-6-8-18(9-7-13)15(24)22(16(25)21-18)12-14(23)20-11-5-10-19-4;/h13,19H,5-12H2,1-4H3,(H,20,23)(H,21,25);1H. The van der Waals surface area contributed by atoms with Crippen LogP contribution in [0.3, 0.4) is 0 Å². The van der Waals surface area contributed by atoms with Gasteiger partial charge in [-0.25, -0.2) is 4.79 Å². The van der Waals surface area contributed by atoms with E-state index < -0.39 is 11.6 Å². The highest BCUT2D eigenvalue weighted by atomic mass is 35.5. The van der Waals surface area contributed by atoms with Crippen LogP contribution in [-0.2, 0) is 9.59 Å². The van der Waals surface area contributed by atoms with Gasteiger partial charge in [0.15, 0.2) is 0 Å². The molecule has 7 nitrogen and oxygen atoms in total. The van der Waals surface area contributed by atoms with E-state index in [-0.39, 0.29) is 36.2 Å². The number of hydrogen-bond donors (Lipinski definition) is 3. The van der Waals surface area contributed by atoms with Crippen LogP contribution in [0.5, 0.6) is 0 Å². The fourth-order valence-corrected chi connectivity index (χ4v) is 3.83. The molecule has 1 saturated heterocycles. The lowest BCUT2D eigenvalue weighted by atomic mass is 9.67. The van der Waals surface area contributed by atoms with Crippen LogP contribution in [-0.4, -0.2) is 55.0 Å². The van der Waals surface area contributed by atoms with E-state index in [1.807, 2.05) is 7.05 Å². The van der Waals surface area contributed by atoms with Gasteiger partial charge in [-0.15, -0.1) is 12.4 Å². The van der Waals surface area contributed by atoms with Crippen LogP contribution in [0.1, 0.15) is 52.9 Å². The van der Waals surface area contributed by atoms with E-state index in [1.54, 1.807) is 0 Å². The molecule has 0 aromatic carbocycles. The van der Waals surface area contributed by atoms with E-state index in [0.717, 1.165) is 30.7 Å². The van der Waals surface area contributed by atoms with E-state index in [2.05, 4.69) is 36.7 Å². The Morgan fingerprint density at radius 3 is 2.38 bits per heavy atom. The summed E-state index contributed by atoms with van der Waals surface area (Å²) in [5.74, 6) is 0.0163. The smallest absolute Gasteiger partial charge is 0.325 e. The number of carbonyl (C=O) groups excluding carboxylic acids is 3. The molecular weight excluding hydrogens is 356 g/mol. The van der Waals surface area contributed by atoms with Crippen molar-refractivity contribution in [2.75, 3.05) is 26.7 Å². The average molecular weight is 389 g/mol. The molecule has 1 heterocycles. The molecule has 0 unspecified atom stereocenters. The molecule has 1 saturated carbocycles. The van der Waals surface area contributed by atoms with E-state index in [0.29, 0.717) is 25.3 Å². The molecule has 0 bridgehead atoms. The summed E-state index contributed by atoms with van der Waals surface area (Å²) >= 11 is 0. The van der Waals surface area contributed by atoms with Crippen LogP contribution in [0.4, 0.5) is 4.79 Å². The van der Waals surface area contributed by atoms with Crippen molar-refractivity contribution in [3.8, 4) is 0 Å². The van der Waals surface area contributed by atoms with Gasteiger partial charge in [0, 0.05) is 6.54 Å². The van der Waals surface area contributed by atoms with Crippen LogP contribution < -0.4 is 16.0 Å². The van der Waals surface area contributed by atoms with Gasteiger partial charge in [-0.1, -0.05) is 20.8 Å². The predicted molar refractivity (Wildman–Crippen MR) is 103 cm³/mol. The minimum atomic E-state index is -0.800. The summed E-state index contributed by atoms with van der Waals surface area (Å²) in [5, 5.41) is 8.62. The minimum absolute atomic E-state index is 0. The Kier molecular flexibility index (Phi) is 7.89. The fraction of sp³-hybridized carbons (Fsp3) is 0.833. The van der Waals surface area contributed by atoms with Gasteiger partial charge in [-0.3, -0.25) is 14.5 Å². The topological polar surface area (TPSA) is 90.5 Å². The molecule has 1 aliphatic heterocycles. The maximum atomic E-state index is 12.8. The van der Waals surface area contributed by atoms with Crippen molar-refractivity contribution in [1.82, 2.24) is 20.9 Å². The number of nitrogens with zero attached hydrogens (tertiary/aromatic N) is 1. The Morgan fingerprint density at radius 1 is 1.23 bits per heavy atom. The monoisotopic (exact) mass is 388 g/mol. The number of amides is 4. The third-order valence-electron chi connectivity index (χ3n) is 5.54. The zero-order chi connectivity index (χ0) is 18.7. The largest absolute Gasteiger partial charge is 0.354 e. The molecule has 2 fully saturated rings. The minimum Gasteiger partial charge on any atom is -0.354 e. The van der Waals surface area contributed by atoms with Crippen molar-refractivity contribution in [1.29, 1.82) is 0 Å². The van der Waals surface area contributed by atoms with Crippen LogP contribution in [0.2, 0.25) is 0 Å². The number of imide groups is 1. The van der Waals surface area contributed by atoms with Crippen molar-refractivity contribution in [3.05, 3.63) is 0 Å². The lowest BCUT2D eigenvalue weighted by Crippen LogP contribution is -2.51. The molecule has 2 rings (SSSR count). The molecule has 3 N–H and O–H groups in total. The van der Waals surface area contributed by atoms with Gasteiger partial charge in [0.2, 0.25) is 5.91 Å². The summed E-state index contributed by atoms with van der Waals surface area (Å²) in [4.78, 5) is 38.1. The Balaban J connectivity index is 0.00000338. The normalized spacial score (nSPS) is 25.8. The molecule has 150 valence electrons. The summed E-state index contributed by atoms with van der Waals surface area (Å²) in [6.07, 6.45) is 3.94. The maximum absolute atomic E-state index is 12.8. The summed E-state index contributed by atoms with van der Waals surface area (Å²) in [5.41, 5.74) is -0.592. The molecule has 4 amide bonds. The molecule has 0 radical (unpaired) electrons. The first-order valence-corrected chi connectivity index (χ1v) is 9.25. The van der Waals surface area contributed by atoms with Crippen molar-refractivity contribution in [2.45, 2.75) is 58.4 Å². The molecular formula is C18H33ClN4O3. The first kappa shape index (κ1) is 22.7. The van der Waals surface area contributed by atoms with Gasteiger partial charge in [0.25, 0.3) is 5.91 Å². The number of halogens is 1. The quantitative estimate of drug-likeness (QED) is 0.476. The highest BCUT2D eigenvalue weighted by molar-refractivity contribution is 6.09. The van der Waals surface area contributed by atoms with Crippen LogP contribution in [0, 0.1) is 11.3 Å². The van der Waals surface area contributed by atoms with Gasteiger partial charge in [0.1, 0.15) is 12.1 Å². The summed E-state index contributed by atoms with van der Waals surface area (Å²) < 4.78 is 0. The lowest BCUT2D eigenvalue weighted by molar-refractivity contribution is -0.136. The summed E-state index contributed by atoms with van der Waals surface area (Å²) in [7, 11) is 1.85. The number of rotatable bonds is 6. The average Bonchev–Trinajstić information content (AvgIpc) is 2.75. The highest BCUT2D eigenvalue weighted by Crippen LogP contribution is 2.43. The molecule has 1 aliphatic carbocycles. The van der Waals surface area contributed by atoms with E-state index in [1.165, 1.54) is 0 Å². The Labute approximate surface area is 162 Å². The zero-order valence-corrected chi connectivity index (χ0v) is 17.1. The van der Waals surface area contributed by atoms with Crippen molar-refractivity contribution in [2.24, 2.45) is 11.3 Å². The lowest BCUT2D eigenvalue weighted by Gasteiger charge is -2.40. The Bertz CT molecular complexity index is 525. The summed E-state index contributed by atoms with van der Waals surface area (Å²) in [6.45, 7) is 7.79. The molecule has 2 aliphatic rings. The van der Waals surface area contributed by atoms with Gasteiger partial charge >= 0.3 is 6.03 Å². The second-order valence-electron chi connectivity index (χ2n) is 8.35. The third-order valence-corrected chi connectivity index (χ3v) is 5.54. The molecule has 26 heavy (non-hydrogen) atoms. The molecule has 0 atom stereocenters. The Hall–Kier alpha value is -1.34. The number of nitrogens with one attached hydrogen (secondary N) is 3. The maximum Gasteiger partial charge on any atom is 0.325 e. The van der Waals surface area contributed by atoms with Gasteiger partial charge in [-0.2, -0.15) is 0 Å². The van der Waals surface area contributed by atoms with Gasteiger partial charge < -0.3 is 16.0 Å². The SMILES string of the molecule is CNCCCNC(=O)CN1C(=O)NC2(CCC(C(C)(C)C)CC2)C1=O.Cl. The van der Waals surface area contributed by atoms with Crippen LogP contribution in [0.15, 0.2) is 0 Å². The zero-order valence-electron chi connectivity index (χ0n) is 16.3. The molecule has 8 heteroatoms. The molecule has 1 spiro atoms. The Morgan fingerprint density at radius 2 is 1.85 bits per heavy atom. The van der Waals surface area contributed by atoms with E-state index in [4.69, 9.17) is 0 Å². The highest BCUT2D eigenvalue weighted by Gasteiger charge is 2.53. The van der Waals surface area contributed by atoms with Crippen LogP contribution >= 0.6 is 12.4 Å².